The number of amides is 1. The zero-order chi connectivity index (χ0) is 15.7. The van der Waals surface area contributed by atoms with Crippen molar-refractivity contribution in [1.29, 1.82) is 0 Å². The van der Waals surface area contributed by atoms with Crippen LogP contribution in [-0.2, 0) is 9.84 Å². The van der Waals surface area contributed by atoms with Crippen LogP contribution in [0.25, 0.3) is 0 Å². The minimum Gasteiger partial charge on any atom is -0.344 e. The van der Waals surface area contributed by atoms with Gasteiger partial charge in [-0.1, -0.05) is 13.8 Å². The lowest BCUT2D eigenvalue weighted by molar-refractivity contribution is 0.0909. The Morgan fingerprint density at radius 2 is 2.14 bits per heavy atom. The van der Waals surface area contributed by atoms with Crippen LogP contribution in [0.2, 0.25) is 0 Å². The lowest BCUT2D eigenvalue weighted by atomic mass is 10.0. The first-order valence-corrected chi connectivity index (χ1v) is 9.19. The van der Waals surface area contributed by atoms with Crippen molar-refractivity contribution in [3.8, 4) is 0 Å². The molecule has 1 N–H and O–H groups in total. The number of carbonyl (C=O) groups excluding carboxylic acids is 1. The molecule has 2 heterocycles. The fourth-order valence-corrected chi connectivity index (χ4v) is 4.87. The molecule has 1 fully saturated rings. The first-order chi connectivity index (χ1) is 9.78. The topological polar surface area (TPSA) is 81.1 Å². The third-order valence-corrected chi connectivity index (χ3v) is 5.98. The fraction of sp³-hybridized carbons (Fsp3) is 0.714. The monoisotopic (exact) mass is 313 g/mol. The van der Waals surface area contributed by atoms with Crippen molar-refractivity contribution >= 4 is 15.7 Å². The molecule has 2 rings (SSSR count). The highest BCUT2D eigenvalue weighted by Crippen LogP contribution is 2.23. The molecule has 0 aromatic carbocycles. The van der Waals surface area contributed by atoms with E-state index in [0.717, 1.165) is 12.8 Å². The standard InChI is InChI=1S/C14H23N3O3S/c1-4-11(5-2)17-8-6-12(16-17)13(18)15-14(3)7-9-21(19,20)10-14/h6,8,11H,4-5,7,9-10H2,1-3H3,(H,15,18)/t14-/m0/s1. The second kappa shape index (κ2) is 5.79. The molecule has 1 saturated heterocycles. The average molecular weight is 313 g/mol. The number of rotatable bonds is 5. The van der Waals surface area contributed by atoms with Crippen molar-refractivity contribution in [2.75, 3.05) is 11.5 Å². The van der Waals surface area contributed by atoms with Gasteiger partial charge in [0.1, 0.15) is 5.69 Å². The van der Waals surface area contributed by atoms with Gasteiger partial charge in [-0.25, -0.2) is 8.42 Å². The van der Waals surface area contributed by atoms with Gasteiger partial charge in [0.05, 0.1) is 23.1 Å². The van der Waals surface area contributed by atoms with Crippen molar-refractivity contribution in [2.24, 2.45) is 0 Å². The summed E-state index contributed by atoms with van der Waals surface area (Å²) in [6.07, 6.45) is 4.17. The first kappa shape index (κ1) is 16.0. The molecule has 21 heavy (non-hydrogen) atoms. The number of sulfone groups is 1. The number of hydrogen-bond acceptors (Lipinski definition) is 4. The van der Waals surface area contributed by atoms with Crippen molar-refractivity contribution in [2.45, 2.75) is 51.6 Å². The van der Waals surface area contributed by atoms with Crippen LogP contribution in [0.3, 0.4) is 0 Å². The molecule has 1 aliphatic heterocycles. The Labute approximate surface area is 125 Å². The van der Waals surface area contributed by atoms with E-state index in [9.17, 15) is 13.2 Å². The molecule has 7 heteroatoms. The van der Waals surface area contributed by atoms with Gasteiger partial charge < -0.3 is 5.32 Å². The molecule has 0 radical (unpaired) electrons. The summed E-state index contributed by atoms with van der Waals surface area (Å²) in [4.78, 5) is 12.2. The molecular weight excluding hydrogens is 290 g/mol. The number of nitrogens with zero attached hydrogens (tertiary/aromatic N) is 2. The number of hydrogen-bond donors (Lipinski definition) is 1. The quantitative estimate of drug-likeness (QED) is 0.894. The molecule has 0 unspecified atom stereocenters. The zero-order valence-electron chi connectivity index (χ0n) is 12.8. The van der Waals surface area contributed by atoms with Gasteiger partial charge in [-0.05, 0) is 32.3 Å². The van der Waals surface area contributed by atoms with Gasteiger partial charge in [0.15, 0.2) is 9.84 Å². The maximum Gasteiger partial charge on any atom is 0.272 e. The van der Waals surface area contributed by atoms with E-state index in [1.807, 2.05) is 4.68 Å². The van der Waals surface area contributed by atoms with Crippen LogP contribution in [0, 0.1) is 0 Å². The molecule has 1 aromatic rings. The Balaban J connectivity index is 2.08. The normalized spacial score (nSPS) is 24.4. The van der Waals surface area contributed by atoms with Crippen LogP contribution in [0.15, 0.2) is 12.3 Å². The molecular formula is C14H23N3O3S. The molecule has 0 spiro atoms. The van der Waals surface area contributed by atoms with Crippen molar-refractivity contribution < 1.29 is 13.2 Å². The van der Waals surface area contributed by atoms with Crippen LogP contribution >= 0.6 is 0 Å². The molecule has 1 aromatic heterocycles. The Morgan fingerprint density at radius 3 is 2.67 bits per heavy atom. The largest absolute Gasteiger partial charge is 0.344 e. The summed E-state index contributed by atoms with van der Waals surface area (Å²) >= 11 is 0. The fourth-order valence-electron chi connectivity index (χ4n) is 2.77. The second-order valence-electron chi connectivity index (χ2n) is 6.01. The van der Waals surface area contributed by atoms with E-state index in [1.54, 1.807) is 19.2 Å². The number of carbonyl (C=O) groups is 1. The number of nitrogens with one attached hydrogen (secondary N) is 1. The van der Waals surface area contributed by atoms with Gasteiger partial charge in [0, 0.05) is 6.20 Å². The Bertz CT molecular complexity index is 619. The van der Waals surface area contributed by atoms with Crippen molar-refractivity contribution in [3.63, 3.8) is 0 Å². The number of aromatic nitrogens is 2. The van der Waals surface area contributed by atoms with Gasteiger partial charge >= 0.3 is 0 Å². The van der Waals surface area contributed by atoms with E-state index >= 15 is 0 Å². The summed E-state index contributed by atoms with van der Waals surface area (Å²) in [5.74, 6) is -0.176. The van der Waals surface area contributed by atoms with Crippen LogP contribution in [0.5, 0.6) is 0 Å². The van der Waals surface area contributed by atoms with Crippen molar-refractivity contribution in [1.82, 2.24) is 15.1 Å². The van der Waals surface area contributed by atoms with E-state index in [0.29, 0.717) is 12.1 Å². The van der Waals surface area contributed by atoms with Gasteiger partial charge in [-0.15, -0.1) is 0 Å². The highest BCUT2D eigenvalue weighted by atomic mass is 32.2. The summed E-state index contributed by atoms with van der Waals surface area (Å²) in [5, 5.41) is 7.14. The van der Waals surface area contributed by atoms with Crippen LogP contribution in [0.1, 0.15) is 56.6 Å². The lowest BCUT2D eigenvalue weighted by Gasteiger charge is -2.23. The predicted octanol–water partition coefficient (Wildman–Crippen LogP) is 1.55. The maximum atomic E-state index is 12.2. The third-order valence-electron chi connectivity index (χ3n) is 4.08. The molecule has 6 nitrogen and oxygen atoms in total. The average Bonchev–Trinajstić information content (AvgIpc) is 2.96. The second-order valence-corrected chi connectivity index (χ2v) is 8.19. The van der Waals surface area contributed by atoms with Crippen LogP contribution in [0.4, 0.5) is 0 Å². The Hall–Kier alpha value is -1.37. The van der Waals surface area contributed by atoms with E-state index in [4.69, 9.17) is 0 Å². The molecule has 0 bridgehead atoms. The summed E-state index contributed by atoms with van der Waals surface area (Å²) in [6.45, 7) is 5.94. The Morgan fingerprint density at radius 1 is 1.48 bits per heavy atom. The molecule has 118 valence electrons. The lowest BCUT2D eigenvalue weighted by Crippen LogP contribution is -2.47. The zero-order valence-corrected chi connectivity index (χ0v) is 13.6. The Kier molecular flexibility index (Phi) is 4.41. The SMILES string of the molecule is CCC(CC)n1ccc(C(=O)N[C@@]2(C)CCS(=O)(=O)C2)n1. The molecule has 1 atom stereocenters. The molecule has 0 aliphatic carbocycles. The summed E-state index contributed by atoms with van der Waals surface area (Å²) in [6, 6.07) is 1.97. The van der Waals surface area contributed by atoms with Gasteiger partial charge in [-0.3, -0.25) is 9.48 Å². The third kappa shape index (κ3) is 3.64. The van der Waals surface area contributed by atoms with Gasteiger partial charge in [-0.2, -0.15) is 5.10 Å². The smallest absolute Gasteiger partial charge is 0.272 e. The van der Waals surface area contributed by atoms with Crippen molar-refractivity contribution in [3.05, 3.63) is 18.0 Å². The van der Waals surface area contributed by atoms with Crippen LogP contribution in [-0.4, -0.2) is 41.2 Å². The minimum absolute atomic E-state index is 0.000998. The van der Waals surface area contributed by atoms with Gasteiger partial charge in [0.2, 0.25) is 0 Å². The molecule has 0 saturated carbocycles. The molecule has 1 aliphatic rings. The van der Waals surface area contributed by atoms with E-state index in [-0.39, 0.29) is 23.5 Å². The maximum absolute atomic E-state index is 12.2. The highest BCUT2D eigenvalue weighted by Gasteiger charge is 2.39. The van der Waals surface area contributed by atoms with E-state index < -0.39 is 15.4 Å². The summed E-state index contributed by atoms with van der Waals surface area (Å²) < 4.78 is 24.9. The minimum atomic E-state index is -3.04. The van der Waals surface area contributed by atoms with Gasteiger partial charge in [0.25, 0.3) is 5.91 Å². The predicted molar refractivity (Wildman–Crippen MR) is 81.0 cm³/mol. The first-order valence-electron chi connectivity index (χ1n) is 7.36. The summed E-state index contributed by atoms with van der Waals surface area (Å²) in [7, 11) is -3.04. The van der Waals surface area contributed by atoms with Crippen LogP contribution < -0.4 is 5.32 Å². The summed E-state index contributed by atoms with van der Waals surface area (Å²) in [5.41, 5.74) is -0.346. The van der Waals surface area contributed by atoms with E-state index in [1.165, 1.54) is 0 Å². The van der Waals surface area contributed by atoms with E-state index in [2.05, 4.69) is 24.3 Å². The highest BCUT2D eigenvalue weighted by molar-refractivity contribution is 7.91. The molecule has 1 amide bonds.